The monoisotopic (exact) mass is 644 g/mol. The van der Waals surface area contributed by atoms with E-state index in [1.807, 2.05) is 29.2 Å². The molecule has 240 valence electrons. The molecule has 13 heteroatoms. The summed E-state index contributed by atoms with van der Waals surface area (Å²) in [7, 11) is 0. The largest absolute Gasteiger partial charge is 0.493 e. The van der Waals surface area contributed by atoms with Gasteiger partial charge in [-0.2, -0.15) is 13.2 Å². The number of halogens is 3. The lowest BCUT2D eigenvalue weighted by atomic mass is 10.1. The lowest BCUT2D eigenvalue weighted by Gasteiger charge is -2.36. The van der Waals surface area contributed by atoms with E-state index in [0.29, 0.717) is 24.5 Å². The summed E-state index contributed by atoms with van der Waals surface area (Å²) in [5.74, 6) is -0.412. The molecular formula is C32H35F3N4O5S. The van der Waals surface area contributed by atoms with E-state index in [-0.39, 0.29) is 24.9 Å². The standard InChI is InChI=1S/C32H35F3N4O5S/c1-23(22-44-26-10-8-25(9-11-26)39(41)42)31(40)43-20-19-37-17-15-36(16-18-37)13-4-14-38-27-5-2-3-6-29(27)45-30-12-7-24(21-28(30)38)32(33,34)35/h2-3,5-12,21,23H,4,13-20,22H2,1H3. The van der Waals surface area contributed by atoms with E-state index in [1.165, 1.54) is 42.1 Å². The lowest BCUT2D eigenvalue weighted by molar-refractivity contribution is -0.384. The molecule has 3 aromatic carbocycles. The summed E-state index contributed by atoms with van der Waals surface area (Å²) in [5, 5.41) is 10.8. The molecule has 0 aliphatic carbocycles. The van der Waals surface area contributed by atoms with Crippen molar-refractivity contribution < 1.29 is 32.4 Å². The first-order valence-electron chi connectivity index (χ1n) is 14.8. The minimum absolute atomic E-state index is 0.0318. The Morgan fingerprint density at radius 2 is 1.60 bits per heavy atom. The molecule has 45 heavy (non-hydrogen) atoms. The molecule has 2 aliphatic rings. The Morgan fingerprint density at radius 3 is 2.29 bits per heavy atom. The number of hydrogen-bond donors (Lipinski definition) is 0. The van der Waals surface area contributed by atoms with Crippen LogP contribution in [0.15, 0.2) is 76.5 Å². The van der Waals surface area contributed by atoms with Crippen molar-refractivity contribution in [2.45, 2.75) is 29.3 Å². The molecule has 2 aliphatic heterocycles. The number of nitrogens with zero attached hydrogens (tertiary/aromatic N) is 4. The molecule has 0 spiro atoms. The number of rotatable bonds is 12. The van der Waals surface area contributed by atoms with Gasteiger partial charge < -0.3 is 19.3 Å². The number of piperazine rings is 1. The number of carbonyl (C=O) groups is 1. The van der Waals surface area contributed by atoms with Crippen molar-refractivity contribution in [3.63, 3.8) is 0 Å². The summed E-state index contributed by atoms with van der Waals surface area (Å²) < 4.78 is 51.5. The van der Waals surface area contributed by atoms with Crippen molar-refractivity contribution >= 4 is 34.8 Å². The summed E-state index contributed by atoms with van der Waals surface area (Å²) in [5.41, 5.74) is 0.856. The molecule has 2 heterocycles. The van der Waals surface area contributed by atoms with Crippen LogP contribution in [0.5, 0.6) is 5.75 Å². The van der Waals surface area contributed by atoms with Crippen LogP contribution in [0.1, 0.15) is 18.9 Å². The number of hydrogen-bond acceptors (Lipinski definition) is 9. The molecule has 5 rings (SSSR count). The van der Waals surface area contributed by atoms with Crippen LogP contribution in [0, 0.1) is 16.0 Å². The summed E-state index contributed by atoms with van der Waals surface area (Å²) in [6.45, 7) is 7.51. The van der Waals surface area contributed by atoms with Gasteiger partial charge in [-0.15, -0.1) is 0 Å². The van der Waals surface area contributed by atoms with E-state index in [4.69, 9.17) is 9.47 Å². The van der Waals surface area contributed by atoms with Gasteiger partial charge >= 0.3 is 12.1 Å². The van der Waals surface area contributed by atoms with Crippen molar-refractivity contribution in [3.8, 4) is 5.75 Å². The second-order valence-electron chi connectivity index (χ2n) is 11.1. The Morgan fingerprint density at radius 1 is 0.933 bits per heavy atom. The minimum atomic E-state index is -4.40. The fourth-order valence-electron chi connectivity index (χ4n) is 5.31. The summed E-state index contributed by atoms with van der Waals surface area (Å²) in [6.07, 6.45) is -3.60. The number of benzene rings is 3. The third-order valence-corrected chi connectivity index (χ3v) is 9.01. The topological polar surface area (TPSA) is 88.4 Å². The van der Waals surface area contributed by atoms with Gasteiger partial charge in [0, 0.05) is 61.2 Å². The van der Waals surface area contributed by atoms with Crippen molar-refractivity contribution in [1.82, 2.24) is 9.80 Å². The predicted octanol–water partition coefficient (Wildman–Crippen LogP) is 6.48. The van der Waals surface area contributed by atoms with Crippen LogP contribution < -0.4 is 9.64 Å². The smallest absolute Gasteiger partial charge is 0.416 e. The Bertz CT molecular complexity index is 1480. The molecule has 1 fully saturated rings. The van der Waals surface area contributed by atoms with Gasteiger partial charge in [0.25, 0.3) is 5.69 Å². The van der Waals surface area contributed by atoms with Crippen molar-refractivity contribution in [1.29, 1.82) is 0 Å². The molecule has 0 aromatic heterocycles. The van der Waals surface area contributed by atoms with E-state index in [0.717, 1.165) is 60.7 Å². The molecule has 1 atom stereocenters. The zero-order valence-corrected chi connectivity index (χ0v) is 25.7. The lowest BCUT2D eigenvalue weighted by Crippen LogP contribution is -2.47. The second kappa shape index (κ2) is 14.5. The van der Waals surface area contributed by atoms with Crippen LogP contribution in [0.3, 0.4) is 0 Å². The molecule has 0 saturated carbocycles. The second-order valence-corrected chi connectivity index (χ2v) is 12.2. The molecule has 0 bridgehead atoms. The van der Waals surface area contributed by atoms with Gasteiger partial charge in [0.2, 0.25) is 0 Å². The highest BCUT2D eigenvalue weighted by Gasteiger charge is 2.33. The highest BCUT2D eigenvalue weighted by atomic mass is 32.2. The molecule has 0 amide bonds. The molecule has 0 radical (unpaired) electrons. The van der Waals surface area contributed by atoms with Gasteiger partial charge in [0.15, 0.2) is 0 Å². The maximum atomic E-state index is 13.5. The van der Waals surface area contributed by atoms with Crippen molar-refractivity contribution in [2.24, 2.45) is 5.92 Å². The van der Waals surface area contributed by atoms with Crippen molar-refractivity contribution in [3.05, 3.63) is 82.4 Å². The van der Waals surface area contributed by atoms with Crippen LogP contribution in [0.4, 0.5) is 30.2 Å². The number of non-ortho nitro benzene ring substituents is 1. The average Bonchev–Trinajstić information content (AvgIpc) is 3.03. The van der Waals surface area contributed by atoms with Gasteiger partial charge in [-0.05, 0) is 62.4 Å². The summed E-state index contributed by atoms with van der Waals surface area (Å²) in [4.78, 5) is 31.1. The number of para-hydroxylation sites is 1. The molecular weight excluding hydrogens is 609 g/mol. The van der Waals surface area contributed by atoms with Gasteiger partial charge in [-0.1, -0.05) is 23.9 Å². The third kappa shape index (κ3) is 8.47. The highest BCUT2D eigenvalue weighted by Crippen LogP contribution is 2.49. The molecule has 3 aromatic rings. The van der Waals surface area contributed by atoms with Crippen LogP contribution in [0.2, 0.25) is 0 Å². The summed E-state index contributed by atoms with van der Waals surface area (Å²) in [6, 6.07) is 17.5. The van der Waals surface area contributed by atoms with Gasteiger partial charge in [-0.3, -0.25) is 19.8 Å². The Balaban J connectivity index is 1.03. The Kier molecular flexibility index (Phi) is 10.5. The van der Waals surface area contributed by atoms with Gasteiger partial charge in [0.1, 0.15) is 19.0 Å². The van der Waals surface area contributed by atoms with E-state index >= 15 is 0 Å². The average molecular weight is 645 g/mol. The first kappa shape index (κ1) is 32.6. The van der Waals surface area contributed by atoms with Crippen LogP contribution in [-0.4, -0.2) is 79.7 Å². The number of nitro benzene ring substituents is 1. The molecule has 1 saturated heterocycles. The normalized spacial score (nSPS) is 16.0. The zero-order valence-electron chi connectivity index (χ0n) is 24.9. The van der Waals surface area contributed by atoms with Crippen LogP contribution >= 0.6 is 11.8 Å². The molecule has 9 nitrogen and oxygen atoms in total. The maximum absolute atomic E-state index is 13.5. The SMILES string of the molecule is CC(COc1ccc([N+](=O)[O-])cc1)C(=O)OCCN1CCN(CCCN2c3ccccc3Sc3ccc(C(F)(F)F)cc32)CC1. The van der Waals surface area contributed by atoms with E-state index in [2.05, 4.69) is 9.80 Å². The van der Waals surface area contributed by atoms with E-state index in [9.17, 15) is 28.1 Å². The fourth-order valence-corrected chi connectivity index (χ4v) is 6.38. The predicted molar refractivity (Wildman–Crippen MR) is 165 cm³/mol. The van der Waals surface area contributed by atoms with Crippen LogP contribution in [-0.2, 0) is 15.7 Å². The van der Waals surface area contributed by atoms with Crippen molar-refractivity contribution in [2.75, 3.05) is 63.9 Å². The van der Waals surface area contributed by atoms with E-state index < -0.39 is 22.6 Å². The number of anilines is 2. The third-order valence-electron chi connectivity index (χ3n) is 7.88. The van der Waals surface area contributed by atoms with Gasteiger partial charge in [0.05, 0.1) is 27.8 Å². The quantitative estimate of drug-likeness (QED) is 0.125. The number of fused-ring (bicyclic) bond motifs is 2. The number of alkyl halides is 3. The molecule has 0 N–H and O–H groups in total. The Hall–Kier alpha value is -3.81. The summed E-state index contributed by atoms with van der Waals surface area (Å²) >= 11 is 1.50. The first-order valence-corrected chi connectivity index (χ1v) is 15.6. The Labute approximate surface area is 264 Å². The number of ether oxygens (including phenoxy) is 2. The van der Waals surface area contributed by atoms with Gasteiger partial charge in [-0.25, -0.2) is 0 Å². The highest BCUT2D eigenvalue weighted by molar-refractivity contribution is 7.99. The number of esters is 1. The minimum Gasteiger partial charge on any atom is -0.493 e. The van der Waals surface area contributed by atoms with E-state index in [1.54, 1.807) is 13.0 Å². The maximum Gasteiger partial charge on any atom is 0.416 e. The zero-order chi connectivity index (χ0) is 32.0. The van der Waals surface area contributed by atoms with Crippen LogP contribution in [0.25, 0.3) is 0 Å². The fraction of sp³-hybridized carbons (Fsp3) is 0.406. The first-order chi connectivity index (χ1) is 21.6. The number of nitro groups is 1. The number of carbonyl (C=O) groups excluding carboxylic acids is 1. The molecule has 1 unspecified atom stereocenters.